The summed E-state index contributed by atoms with van der Waals surface area (Å²) >= 11 is 1.67. The molecule has 1 amide bonds. The molecule has 0 saturated carbocycles. The van der Waals surface area contributed by atoms with Crippen LogP contribution in [0.25, 0.3) is 0 Å². The second-order valence-corrected chi connectivity index (χ2v) is 7.53. The molecule has 1 aromatic carbocycles. The summed E-state index contributed by atoms with van der Waals surface area (Å²) in [5.41, 5.74) is 5.00. The van der Waals surface area contributed by atoms with E-state index in [4.69, 9.17) is 0 Å². The third kappa shape index (κ3) is 3.99. The molecule has 0 unspecified atom stereocenters. The minimum Gasteiger partial charge on any atom is -0.311 e. The van der Waals surface area contributed by atoms with Crippen molar-refractivity contribution in [2.75, 3.05) is 17.2 Å². The molecule has 3 rings (SSSR count). The van der Waals surface area contributed by atoms with E-state index in [1.807, 2.05) is 17.0 Å². The molecular formula is C20H24N2OS. The molecule has 1 aliphatic rings. The van der Waals surface area contributed by atoms with Crippen LogP contribution in [0.2, 0.25) is 0 Å². The summed E-state index contributed by atoms with van der Waals surface area (Å²) in [6.45, 7) is 5.26. The monoisotopic (exact) mass is 340 g/mol. The number of hydrogen-bond acceptors (Lipinski definition) is 3. The number of aryl methyl sites for hydroxylation is 1. The lowest BCUT2D eigenvalue weighted by Crippen LogP contribution is -2.36. The highest BCUT2D eigenvalue weighted by Gasteiger charge is 2.22. The first-order valence-electron chi connectivity index (χ1n) is 8.55. The smallest absolute Gasteiger partial charge is 0.236 e. The Morgan fingerprint density at radius 2 is 2.04 bits per heavy atom. The Kier molecular flexibility index (Phi) is 5.56. The molecule has 0 radical (unpaired) electrons. The average molecular weight is 340 g/mol. The van der Waals surface area contributed by atoms with Crippen LogP contribution >= 0.6 is 11.8 Å². The van der Waals surface area contributed by atoms with Crippen molar-refractivity contribution in [3.8, 4) is 0 Å². The number of nitrogens with zero attached hydrogens (tertiary/aromatic N) is 2. The standard InChI is InChI=1S/C20H24N2OS/c1-15(2)17-5-6-19-18(12-17)4-3-11-22(19)20(23)14-24-13-16-7-9-21-10-8-16/h5-10,12,15H,3-4,11,13-14H2,1-2H3. The van der Waals surface area contributed by atoms with E-state index in [9.17, 15) is 4.79 Å². The maximum atomic E-state index is 12.7. The molecule has 0 fully saturated rings. The first-order valence-corrected chi connectivity index (χ1v) is 9.70. The van der Waals surface area contributed by atoms with Crippen molar-refractivity contribution in [3.63, 3.8) is 0 Å². The zero-order valence-corrected chi connectivity index (χ0v) is 15.2. The lowest BCUT2D eigenvalue weighted by atomic mass is 9.95. The Balaban J connectivity index is 1.64. The lowest BCUT2D eigenvalue weighted by molar-refractivity contribution is -0.116. The fourth-order valence-corrected chi connectivity index (χ4v) is 3.91. The average Bonchev–Trinajstić information content (AvgIpc) is 2.61. The molecule has 1 aromatic heterocycles. The van der Waals surface area contributed by atoms with Crippen molar-refractivity contribution in [2.45, 2.75) is 38.4 Å². The molecular weight excluding hydrogens is 316 g/mol. The highest BCUT2D eigenvalue weighted by molar-refractivity contribution is 7.99. The molecule has 0 atom stereocenters. The quantitative estimate of drug-likeness (QED) is 0.808. The van der Waals surface area contributed by atoms with Gasteiger partial charge < -0.3 is 4.90 Å². The number of rotatable bonds is 5. The molecule has 0 saturated heterocycles. The molecule has 0 spiro atoms. The molecule has 24 heavy (non-hydrogen) atoms. The predicted molar refractivity (Wildman–Crippen MR) is 102 cm³/mol. The van der Waals surface area contributed by atoms with E-state index in [1.54, 1.807) is 24.2 Å². The second kappa shape index (κ2) is 7.84. The fourth-order valence-electron chi connectivity index (χ4n) is 3.05. The van der Waals surface area contributed by atoms with Crippen LogP contribution in [-0.4, -0.2) is 23.2 Å². The van der Waals surface area contributed by atoms with E-state index >= 15 is 0 Å². The number of thioether (sulfide) groups is 1. The summed E-state index contributed by atoms with van der Waals surface area (Å²) in [4.78, 5) is 18.7. The largest absolute Gasteiger partial charge is 0.311 e. The van der Waals surface area contributed by atoms with E-state index in [1.165, 1.54) is 16.7 Å². The van der Waals surface area contributed by atoms with Gasteiger partial charge in [0, 0.05) is 30.4 Å². The summed E-state index contributed by atoms with van der Waals surface area (Å²) in [5, 5.41) is 0. The minimum atomic E-state index is 0.215. The van der Waals surface area contributed by atoms with Gasteiger partial charge in [-0.25, -0.2) is 0 Å². The molecule has 2 aromatic rings. The summed E-state index contributed by atoms with van der Waals surface area (Å²) in [6, 6.07) is 10.6. The van der Waals surface area contributed by atoms with Crippen molar-refractivity contribution in [1.29, 1.82) is 0 Å². The molecule has 0 aliphatic carbocycles. The number of benzene rings is 1. The Bertz CT molecular complexity index is 700. The van der Waals surface area contributed by atoms with Crippen LogP contribution in [0.3, 0.4) is 0 Å². The van der Waals surface area contributed by atoms with E-state index < -0.39 is 0 Å². The SMILES string of the molecule is CC(C)c1ccc2c(c1)CCCN2C(=O)CSCc1ccncc1. The Morgan fingerprint density at radius 1 is 1.25 bits per heavy atom. The number of amides is 1. The number of carbonyl (C=O) groups is 1. The van der Waals surface area contributed by atoms with Crippen LogP contribution in [0.5, 0.6) is 0 Å². The highest BCUT2D eigenvalue weighted by atomic mass is 32.2. The van der Waals surface area contributed by atoms with E-state index in [2.05, 4.69) is 37.0 Å². The minimum absolute atomic E-state index is 0.215. The number of aromatic nitrogens is 1. The number of anilines is 1. The summed E-state index contributed by atoms with van der Waals surface area (Å²) in [7, 11) is 0. The van der Waals surface area contributed by atoms with Gasteiger partial charge in [-0.1, -0.05) is 26.0 Å². The molecule has 0 bridgehead atoms. The van der Waals surface area contributed by atoms with Crippen molar-refractivity contribution in [1.82, 2.24) is 4.98 Å². The van der Waals surface area contributed by atoms with Gasteiger partial charge in [-0.3, -0.25) is 9.78 Å². The van der Waals surface area contributed by atoms with Crippen molar-refractivity contribution >= 4 is 23.4 Å². The van der Waals surface area contributed by atoms with Gasteiger partial charge >= 0.3 is 0 Å². The second-order valence-electron chi connectivity index (χ2n) is 6.54. The first kappa shape index (κ1) is 17.0. The van der Waals surface area contributed by atoms with Crippen LogP contribution in [0.15, 0.2) is 42.7 Å². The van der Waals surface area contributed by atoms with Gasteiger partial charge in [0.1, 0.15) is 0 Å². The topological polar surface area (TPSA) is 33.2 Å². The first-order chi connectivity index (χ1) is 11.6. The number of fused-ring (bicyclic) bond motifs is 1. The van der Waals surface area contributed by atoms with Gasteiger partial charge in [0.15, 0.2) is 0 Å². The van der Waals surface area contributed by atoms with Gasteiger partial charge in [0.25, 0.3) is 0 Å². The lowest BCUT2D eigenvalue weighted by Gasteiger charge is -2.30. The Hall–Kier alpha value is -1.81. The fraction of sp³-hybridized carbons (Fsp3) is 0.400. The van der Waals surface area contributed by atoms with Gasteiger partial charge in [-0.05, 0) is 53.6 Å². The summed E-state index contributed by atoms with van der Waals surface area (Å²) < 4.78 is 0. The molecule has 126 valence electrons. The van der Waals surface area contributed by atoms with Gasteiger partial charge in [-0.2, -0.15) is 0 Å². The van der Waals surface area contributed by atoms with Crippen LogP contribution in [0, 0.1) is 0 Å². The van der Waals surface area contributed by atoms with Gasteiger partial charge in [-0.15, -0.1) is 11.8 Å². The molecule has 4 heteroatoms. The van der Waals surface area contributed by atoms with E-state index in [0.29, 0.717) is 11.7 Å². The van der Waals surface area contributed by atoms with Crippen LogP contribution < -0.4 is 4.90 Å². The van der Waals surface area contributed by atoms with Crippen LogP contribution in [0.4, 0.5) is 5.69 Å². The highest BCUT2D eigenvalue weighted by Crippen LogP contribution is 2.30. The number of carbonyl (C=O) groups excluding carboxylic acids is 1. The summed E-state index contributed by atoms with van der Waals surface area (Å²) in [5.74, 6) is 2.11. The van der Waals surface area contributed by atoms with E-state index in [0.717, 1.165) is 30.8 Å². The third-order valence-corrected chi connectivity index (χ3v) is 5.42. The predicted octanol–water partition coefficient (Wildman–Crippen LogP) is 4.42. The number of hydrogen-bond donors (Lipinski definition) is 0. The van der Waals surface area contributed by atoms with Gasteiger partial charge in [0.05, 0.1) is 5.75 Å². The molecule has 0 N–H and O–H groups in total. The maximum absolute atomic E-state index is 12.7. The number of pyridine rings is 1. The maximum Gasteiger partial charge on any atom is 0.236 e. The third-order valence-electron chi connectivity index (χ3n) is 4.43. The zero-order valence-electron chi connectivity index (χ0n) is 14.4. The molecule has 3 nitrogen and oxygen atoms in total. The summed E-state index contributed by atoms with van der Waals surface area (Å²) in [6.07, 6.45) is 5.72. The normalized spacial score (nSPS) is 13.9. The Morgan fingerprint density at radius 3 is 2.79 bits per heavy atom. The van der Waals surface area contributed by atoms with Crippen LogP contribution in [0.1, 0.15) is 42.9 Å². The van der Waals surface area contributed by atoms with Crippen molar-refractivity contribution in [2.24, 2.45) is 0 Å². The Labute approximate surface area is 148 Å². The van der Waals surface area contributed by atoms with Gasteiger partial charge in [0.2, 0.25) is 5.91 Å². The zero-order chi connectivity index (χ0) is 16.9. The van der Waals surface area contributed by atoms with Crippen LogP contribution in [-0.2, 0) is 17.0 Å². The molecule has 2 heterocycles. The van der Waals surface area contributed by atoms with E-state index in [-0.39, 0.29) is 5.91 Å². The molecule has 1 aliphatic heterocycles. The van der Waals surface area contributed by atoms with Crippen molar-refractivity contribution in [3.05, 3.63) is 59.4 Å². The van der Waals surface area contributed by atoms with Crippen molar-refractivity contribution < 1.29 is 4.79 Å².